The first-order valence-corrected chi connectivity index (χ1v) is 7.03. The lowest BCUT2D eigenvalue weighted by Crippen LogP contribution is -2.50. The second-order valence-corrected chi connectivity index (χ2v) is 4.80. The van der Waals surface area contributed by atoms with Gasteiger partial charge in [0.05, 0.1) is 19.8 Å². The number of hydrogen-bond acceptors (Lipinski definition) is 5. The highest BCUT2D eigenvalue weighted by atomic mass is 16.5. The van der Waals surface area contributed by atoms with Gasteiger partial charge >= 0.3 is 5.97 Å². The smallest absolute Gasteiger partial charge is 0.325 e. The van der Waals surface area contributed by atoms with Gasteiger partial charge in [-0.15, -0.1) is 0 Å². The topological polar surface area (TPSA) is 56.8 Å². The van der Waals surface area contributed by atoms with Crippen LogP contribution in [-0.4, -0.2) is 51.1 Å². The molecule has 0 aromatic rings. The first-order valence-electron chi connectivity index (χ1n) is 7.03. The van der Waals surface area contributed by atoms with Crippen molar-refractivity contribution >= 4 is 5.97 Å². The molecule has 0 rings (SSSR count). The lowest BCUT2D eigenvalue weighted by Gasteiger charge is -2.27. The van der Waals surface area contributed by atoms with Crippen LogP contribution in [0.4, 0.5) is 0 Å². The molecular formula is C14H29NO4. The summed E-state index contributed by atoms with van der Waals surface area (Å²) in [6, 6.07) is 0. The molecule has 0 aromatic heterocycles. The molecule has 0 aliphatic rings. The summed E-state index contributed by atoms with van der Waals surface area (Å²) < 4.78 is 15.7. The average molecular weight is 275 g/mol. The lowest BCUT2D eigenvalue weighted by atomic mass is 9.96. The standard InChI is InChI=1S/C14H29NO4/c1-6-15-14(4,13(16)17-5)9-8-10-19-12(3)11-18-7-2/h12,15H,6-11H2,1-5H3. The normalized spacial score (nSPS) is 15.8. The molecule has 2 unspecified atom stereocenters. The Hall–Kier alpha value is -0.650. The molecule has 0 amide bonds. The summed E-state index contributed by atoms with van der Waals surface area (Å²) >= 11 is 0. The second kappa shape index (κ2) is 10.2. The van der Waals surface area contributed by atoms with Gasteiger partial charge in [-0.05, 0) is 40.2 Å². The van der Waals surface area contributed by atoms with Crippen LogP contribution >= 0.6 is 0 Å². The molecule has 0 aliphatic carbocycles. The van der Waals surface area contributed by atoms with Gasteiger partial charge in [-0.1, -0.05) is 6.92 Å². The van der Waals surface area contributed by atoms with Crippen LogP contribution in [-0.2, 0) is 19.0 Å². The van der Waals surface area contributed by atoms with Gasteiger partial charge in [0, 0.05) is 13.2 Å². The molecule has 5 nitrogen and oxygen atoms in total. The van der Waals surface area contributed by atoms with E-state index in [1.54, 1.807) is 0 Å². The Morgan fingerprint density at radius 2 is 2.05 bits per heavy atom. The zero-order valence-corrected chi connectivity index (χ0v) is 13.0. The summed E-state index contributed by atoms with van der Waals surface area (Å²) in [7, 11) is 1.42. The van der Waals surface area contributed by atoms with Crippen molar-refractivity contribution in [2.45, 2.75) is 52.2 Å². The highest BCUT2D eigenvalue weighted by molar-refractivity contribution is 5.80. The van der Waals surface area contributed by atoms with Crippen molar-refractivity contribution in [3.05, 3.63) is 0 Å². The van der Waals surface area contributed by atoms with Crippen LogP contribution in [0.1, 0.15) is 40.5 Å². The summed E-state index contributed by atoms with van der Waals surface area (Å²) in [6.07, 6.45) is 1.58. The fourth-order valence-corrected chi connectivity index (χ4v) is 1.92. The summed E-state index contributed by atoms with van der Waals surface area (Å²) in [6.45, 7) is 10.4. The van der Waals surface area contributed by atoms with Gasteiger partial charge in [0.15, 0.2) is 0 Å². The summed E-state index contributed by atoms with van der Waals surface area (Å²) in [5, 5.41) is 3.18. The second-order valence-electron chi connectivity index (χ2n) is 4.80. The van der Waals surface area contributed by atoms with Gasteiger partial charge in [0.2, 0.25) is 0 Å². The molecule has 0 saturated carbocycles. The molecule has 0 spiro atoms. The van der Waals surface area contributed by atoms with Gasteiger partial charge in [0.25, 0.3) is 0 Å². The van der Waals surface area contributed by atoms with E-state index in [0.717, 1.165) is 13.0 Å². The van der Waals surface area contributed by atoms with Gasteiger partial charge in [0.1, 0.15) is 5.54 Å². The first kappa shape index (κ1) is 18.4. The van der Waals surface area contributed by atoms with Crippen LogP contribution in [0.15, 0.2) is 0 Å². The van der Waals surface area contributed by atoms with Crippen LogP contribution in [0.3, 0.4) is 0 Å². The Labute approximate surface area is 117 Å². The van der Waals surface area contributed by atoms with Crippen molar-refractivity contribution in [1.82, 2.24) is 5.32 Å². The lowest BCUT2D eigenvalue weighted by molar-refractivity contribution is -0.148. The van der Waals surface area contributed by atoms with Crippen LogP contribution in [0.5, 0.6) is 0 Å². The third kappa shape index (κ3) is 7.50. The van der Waals surface area contributed by atoms with E-state index in [9.17, 15) is 4.79 Å². The Bertz CT molecular complexity index is 248. The number of nitrogens with one attached hydrogen (secondary N) is 1. The molecule has 0 aromatic carbocycles. The minimum Gasteiger partial charge on any atom is -0.468 e. The van der Waals surface area contributed by atoms with E-state index in [1.807, 2.05) is 27.7 Å². The minimum atomic E-state index is -0.629. The number of carbonyl (C=O) groups excluding carboxylic acids is 1. The highest BCUT2D eigenvalue weighted by Gasteiger charge is 2.32. The predicted molar refractivity (Wildman–Crippen MR) is 75.2 cm³/mol. The quantitative estimate of drug-likeness (QED) is 0.460. The van der Waals surface area contributed by atoms with Crippen LogP contribution in [0.25, 0.3) is 0 Å². The molecule has 0 heterocycles. The van der Waals surface area contributed by atoms with Gasteiger partial charge in [-0.3, -0.25) is 4.79 Å². The molecule has 19 heavy (non-hydrogen) atoms. The number of carbonyl (C=O) groups is 1. The van der Waals surface area contributed by atoms with Crippen molar-refractivity contribution < 1.29 is 19.0 Å². The molecule has 0 radical (unpaired) electrons. The molecule has 0 aliphatic heterocycles. The zero-order chi connectivity index (χ0) is 14.7. The van der Waals surface area contributed by atoms with Gasteiger partial charge in [-0.25, -0.2) is 0 Å². The molecular weight excluding hydrogens is 246 g/mol. The Kier molecular flexibility index (Phi) is 9.83. The maximum Gasteiger partial charge on any atom is 0.325 e. The van der Waals surface area contributed by atoms with Crippen molar-refractivity contribution in [3.63, 3.8) is 0 Å². The van der Waals surface area contributed by atoms with Gasteiger partial charge in [-0.2, -0.15) is 0 Å². The highest BCUT2D eigenvalue weighted by Crippen LogP contribution is 2.14. The van der Waals surface area contributed by atoms with Crippen molar-refractivity contribution in [3.8, 4) is 0 Å². The molecule has 0 bridgehead atoms. The van der Waals surface area contributed by atoms with Crippen LogP contribution in [0.2, 0.25) is 0 Å². The van der Waals surface area contributed by atoms with E-state index >= 15 is 0 Å². The van der Waals surface area contributed by atoms with E-state index in [-0.39, 0.29) is 12.1 Å². The maximum atomic E-state index is 11.7. The molecule has 5 heteroatoms. The number of esters is 1. The predicted octanol–water partition coefficient (Wildman–Crippen LogP) is 1.75. The zero-order valence-electron chi connectivity index (χ0n) is 13.0. The molecule has 114 valence electrons. The van der Waals surface area contributed by atoms with E-state index < -0.39 is 5.54 Å². The fourth-order valence-electron chi connectivity index (χ4n) is 1.92. The van der Waals surface area contributed by atoms with E-state index in [2.05, 4.69) is 5.32 Å². The monoisotopic (exact) mass is 275 g/mol. The fraction of sp³-hybridized carbons (Fsp3) is 0.929. The Balaban J connectivity index is 3.97. The van der Waals surface area contributed by atoms with Gasteiger partial charge < -0.3 is 19.5 Å². The van der Waals surface area contributed by atoms with Crippen LogP contribution in [0, 0.1) is 0 Å². The third-order valence-electron chi connectivity index (χ3n) is 2.98. The molecule has 0 fully saturated rings. The third-order valence-corrected chi connectivity index (χ3v) is 2.98. The van der Waals surface area contributed by atoms with E-state index in [1.165, 1.54) is 7.11 Å². The van der Waals surface area contributed by atoms with Crippen molar-refractivity contribution in [2.24, 2.45) is 0 Å². The minimum absolute atomic E-state index is 0.0865. The molecule has 1 N–H and O–H groups in total. The molecule has 2 atom stereocenters. The average Bonchev–Trinajstić information content (AvgIpc) is 2.40. The van der Waals surface area contributed by atoms with E-state index in [4.69, 9.17) is 14.2 Å². The number of likely N-dealkylation sites (N-methyl/N-ethyl adjacent to an activating group) is 1. The Morgan fingerprint density at radius 1 is 1.37 bits per heavy atom. The summed E-state index contributed by atoms with van der Waals surface area (Å²) in [5.74, 6) is -0.225. The summed E-state index contributed by atoms with van der Waals surface area (Å²) in [4.78, 5) is 11.7. The first-order chi connectivity index (χ1) is 9.00. The largest absolute Gasteiger partial charge is 0.468 e. The van der Waals surface area contributed by atoms with Crippen LogP contribution < -0.4 is 5.32 Å². The van der Waals surface area contributed by atoms with Crippen molar-refractivity contribution in [1.29, 1.82) is 0 Å². The number of ether oxygens (including phenoxy) is 3. The SMILES string of the molecule is CCNC(C)(CCCOC(C)COCC)C(=O)OC. The van der Waals surface area contributed by atoms with E-state index in [0.29, 0.717) is 26.2 Å². The summed E-state index contributed by atoms with van der Waals surface area (Å²) in [5.41, 5.74) is -0.629. The maximum absolute atomic E-state index is 11.7. The molecule has 0 saturated heterocycles. The van der Waals surface area contributed by atoms with Crippen molar-refractivity contribution in [2.75, 3.05) is 33.5 Å². The Morgan fingerprint density at radius 3 is 2.58 bits per heavy atom. The number of hydrogen-bond donors (Lipinski definition) is 1. The number of rotatable bonds is 11. The number of methoxy groups -OCH3 is 1.